The highest BCUT2D eigenvalue weighted by Gasteiger charge is 2.55. The molecule has 0 aliphatic heterocycles. The Labute approximate surface area is 141 Å². The molecule has 6 heteroatoms. The van der Waals surface area contributed by atoms with Crippen molar-refractivity contribution in [2.24, 2.45) is 11.3 Å². The van der Waals surface area contributed by atoms with Crippen molar-refractivity contribution in [2.75, 3.05) is 21.3 Å². The number of carbonyl (C=O) groups is 3. The Hall–Kier alpha value is -2.21. The monoisotopic (exact) mass is 334 g/mol. The highest BCUT2D eigenvalue weighted by Crippen LogP contribution is 2.45. The van der Waals surface area contributed by atoms with Crippen molar-refractivity contribution in [3.63, 3.8) is 0 Å². The minimum absolute atomic E-state index is 0.0125. The van der Waals surface area contributed by atoms with E-state index in [-0.39, 0.29) is 25.0 Å². The molecule has 2 unspecified atom stereocenters. The van der Waals surface area contributed by atoms with Crippen LogP contribution in [0.15, 0.2) is 30.3 Å². The maximum absolute atomic E-state index is 12.5. The van der Waals surface area contributed by atoms with E-state index in [1.807, 2.05) is 30.3 Å². The van der Waals surface area contributed by atoms with E-state index in [0.717, 1.165) is 5.56 Å². The summed E-state index contributed by atoms with van der Waals surface area (Å²) in [6, 6.07) is 9.28. The Balaban J connectivity index is 2.40. The molecule has 1 fully saturated rings. The maximum atomic E-state index is 12.5. The second kappa shape index (κ2) is 7.57. The van der Waals surface area contributed by atoms with Crippen molar-refractivity contribution in [1.82, 2.24) is 0 Å². The smallest absolute Gasteiger partial charge is 0.323 e. The summed E-state index contributed by atoms with van der Waals surface area (Å²) < 4.78 is 15.2. The lowest BCUT2D eigenvalue weighted by molar-refractivity contribution is -0.175. The lowest BCUT2D eigenvalue weighted by atomic mass is 9.66. The minimum atomic E-state index is -1.46. The molecule has 0 radical (unpaired) electrons. The van der Waals surface area contributed by atoms with Crippen LogP contribution in [-0.4, -0.2) is 39.1 Å². The van der Waals surface area contributed by atoms with Crippen LogP contribution < -0.4 is 0 Å². The third-order valence-electron chi connectivity index (χ3n) is 4.68. The Morgan fingerprint density at radius 1 is 1.08 bits per heavy atom. The highest BCUT2D eigenvalue weighted by molar-refractivity contribution is 6.02. The van der Waals surface area contributed by atoms with Gasteiger partial charge < -0.3 is 14.2 Å². The molecule has 1 aromatic rings. The molecular formula is C18H22O6. The molecule has 1 aromatic carbocycles. The van der Waals surface area contributed by atoms with E-state index in [2.05, 4.69) is 0 Å². The zero-order valence-corrected chi connectivity index (χ0v) is 14.1. The van der Waals surface area contributed by atoms with E-state index in [0.29, 0.717) is 0 Å². The average molecular weight is 334 g/mol. The number of esters is 2. The van der Waals surface area contributed by atoms with E-state index in [4.69, 9.17) is 14.2 Å². The zero-order valence-electron chi connectivity index (χ0n) is 14.1. The van der Waals surface area contributed by atoms with Gasteiger partial charge in [0.25, 0.3) is 0 Å². The Morgan fingerprint density at radius 2 is 1.67 bits per heavy atom. The van der Waals surface area contributed by atoms with E-state index in [1.54, 1.807) is 0 Å². The molecule has 0 heterocycles. The molecule has 1 aliphatic carbocycles. The molecule has 2 atom stereocenters. The Bertz CT molecular complexity index is 593. The van der Waals surface area contributed by atoms with Crippen molar-refractivity contribution in [2.45, 2.75) is 25.4 Å². The molecule has 0 saturated heterocycles. The first-order chi connectivity index (χ1) is 11.5. The summed E-state index contributed by atoms with van der Waals surface area (Å²) in [7, 11) is 3.96. The number of rotatable bonds is 5. The highest BCUT2D eigenvalue weighted by atomic mass is 16.5. The quantitative estimate of drug-likeness (QED) is 0.606. The van der Waals surface area contributed by atoms with Gasteiger partial charge in [-0.05, 0) is 18.4 Å². The summed E-state index contributed by atoms with van der Waals surface area (Å²) in [6.07, 6.45) is -0.333. The first kappa shape index (κ1) is 18.1. The van der Waals surface area contributed by atoms with Crippen molar-refractivity contribution in [3.8, 4) is 0 Å². The molecule has 0 N–H and O–H groups in total. The van der Waals surface area contributed by atoms with Crippen molar-refractivity contribution in [3.05, 3.63) is 35.9 Å². The summed E-state index contributed by atoms with van der Waals surface area (Å²) in [5.41, 5.74) is -0.642. The van der Waals surface area contributed by atoms with Crippen molar-refractivity contribution < 1.29 is 28.6 Å². The first-order valence-corrected chi connectivity index (χ1v) is 7.77. The summed E-state index contributed by atoms with van der Waals surface area (Å²) in [6.45, 7) is 0. The van der Waals surface area contributed by atoms with Crippen molar-refractivity contribution >= 4 is 17.7 Å². The van der Waals surface area contributed by atoms with Crippen molar-refractivity contribution in [1.29, 1.82) is 0 Å². The standard InChI is InChI=1S/C18H22O6/c1-22-15(12-7-5-4-6-8-12)13-11-18(16(20)23-2,17(21)24-3)10-9-14(13)19/h4-8,13,15H,9-11H2,1-3H3. The van der Waals surface area contributed by atoms with Crippen LogP contribution in [0.25, 0.3) is 0 Å². The largest absolute Gasteiger partial charge is 0.468 e. The van der Waals surface area contributed by atoms with Crippen LogP contribution in [0.4, 0.5) is 0 Å². The predicted octanol–water partition coefficient (Wildman–Crippen LogP) is 2.08. The summed E-state index contributed by atoms with van der Waals surface area (Å²) >= 11 is 0. The number of hydrogen-bond donors (Lipinski definition) is 0. The molecule has 0 spiro atoms. The van der Waals surface area contributed by atoms with Crippen LogP contribution in [0, 0.1) is 11.3 Å². The number of benzene rings is 1. The average Bonchev–Trinajstić information content (AvgIpc) is 2.63. The molecule has 0 bridgehead atoms. The van der Waals surface area contributed by atoms with E-state index in [9.17, 15) is 14.4 Å². The topological polar surface area (TPSA) is 78.9 Å². The van der Waals surface area contributed by atoms with Crippen LogP contribution >= 0.6 is 0 Å². The van der Waals surface area contributed by atoms with E-state index < -0.39 is 29.4 Å². The zero-order chi connectivity index (χ0) is 17.7. The molecule has 0 aromatic heterocycles. The van der Waals surface area contributed by atoms with Crippen LogP contribution in [0.2, 0.25) is 0 Å². The van der Waals surface area contributed by atoms with Crippen LogP contribution in [-0.2, 0) is 28.6 Å². The molecule has 130 valence electrons. The molecule has 2 rings (SSSR count). The van der Waals surface area contributed by atoms with Gasteiger partial charge in [0.2, 0.25) is 0 Å². The molecule has 0 amide bonds. The van der Waals surface area contributed by atoms with Gasteiger partial charge >= 0.3 is 11.9 Å². The van der Waals surface area contributed by atoms with Crippen LogP contribution in [0.5, 0.6) is 0 Å². The minimum Gasteiger partial charge on any atom is -0.468 e. The third-order valence-corrected chi connectivity index (χ3v) is 4.68. The molecular weight excluding hydrogens is 312 g/mol. The van der Waals surface area contributed by atoms with Gasteiger partial charge in [0, 0.05) is 19.4 Å². The Kier molecular flexibility index (Phi) is 5.72. The first-order valence-electron chi connectivity index (χ1n) is 7.77. The van der Waals surface area contributed by atoms with Crippen LogP contribution in [0.3, 0.4) is 0 Å². The second-order valence-corrected chi connectivity index (χ2v) is 5.91. The van der Waals surface area contributed by atoms with Gasteiger partial charge in [-0.2, -0.15) is 0 Å². The summed E-state index contributed by atoms with van der Waals surface area (Å²) in [4.78, 5) is 37.1. The predicted molar refractivity (Wildman–Crippen MR) is 85.0 cm³/mol. The molecule has 1 saturated carbocycles. The van der Waals surface area contributed by atoms with Crippen LogP contribution in [0.1, 0.15) is 30.9 Å². The van der Waals surface area contributed by atoms with Gasteiger partial charge in [-0.3, -0.25) is 14.4 Å². The van der Waals surface area contributed by atoms with Gasteiger partial charge in [-0.15, -0.1) is 0 Å². The number of hydrogen-bond acceptors (Lipinski definition) is 6. The van der Waals surface area contributed by atoms with Gasteiger partial charge in [0.1, 0.15) is 5.78 Å². The fraction of sp³-hybridized carbons (Fsp3) is 0.500. The Morgan fingerprint density at radius 3 is 2.17 bits per heavy atom. The lowest BCUT2D eigenvalue weighted by Gasteiger charge is -2.38. The third kappa shape index (κ3) is 3.19. The number of carbonyl (C=O) groups excluding carboxylic acids is 3. The second-order valence-electron chi connectivity index (χ2n) is 5.91. The summed E-state index contributed by atoms with van der Waals surface area (Å²) in [5, 5.41) is 0. The number of Topliss-reactive ketones (excluding diaryl/α,β-unsaturated/α-hetero) is 1. The number of methoxy groups -OCH3 is 3. The maximum Gasteiger partial charge on any atom is 0.323 e. The SMILES string of the molecule is COC(=O)C1(C(=O)OC)CCC(=O)C(C(OC)c2ccccc2)C1. The van der Waals surface area contributed by atoms with Gasteiger partial charge in [0.05, 0.1) is 20.3 Å². The van der Waals surface area contributed by atoms with Gasteiger partial charge in [-0.1, -0.05) is 30.3 Å². The lowest BCUT2D eigenvalue weighted by Crippen LogP contribution is -2.48. The van der Waals surface area contributed by atoms with E-state index >= 15 is 0 Å². The number of ketones is 1. The van der Waals surface area contributed by atoms with Gasteiger partial charge in [0.15, 0.2) is 5.41 Å². The molecule has 6 nitrogen and oxygen atoms in total. The normalized spacial score (nSPS) is 21.0. The van der Waals surface area contributed by atoms with Gasteiger partial charge in [-0.25, -0.2) is 0 Å². The molecule has 1 aliphatic rings. The fourth-order valence-electron chi connectivity index (χ4n) is 3.41. The van der Waals surface area contributed by atoms with E-state index in [1.165, 1.54) is 21.3 Å². The molecule has 24 heavy (non-hydrogen) atoms. The fourth-order valence-corrected chi connectivity index (χ4v) is 3.41. The summed E-state index contributed by atoms with van der Waals surface area (Å²) in [5.74, 6) is -2.00. The number of ether oxygens (including phenoxy) is 3.